The molecule has 0 aliphatic heterocycles. The minimum atomic E-state index is -0.00685. The number of rotatable bonds is 7. The molecule has 0 unspecified atom stereocenters. The van der Waals surface area contributed by atoms with Crippen LogP contribution < -0.4 is 0 Å². The van der Waals surface area contributed by atoms with Crippen LogP contribution in [0.3, 0.4) is 0 Å². The zero-order chi connectivity index (χ0) is 12.7. The average Bonchev–Trinajstić information content (AvgIpc) is 2.06. The third kappa shape index (κ3) is 13.9. The summed E-state index contributed by atoms with van der Waals surface area (Å²) >= 11 is 0. The SMILES string of the molecule is CC(C)(C)CCOCCCCOC(C)(C)C. The highest BCUT2D eigenvalue weighted by Gasteiger charge is 2.10. The second-order valence-electron chi connectivity index (χ2n) is 6.59. The molecule has 0 saturated heterocycles. The maximum absolute atomic E-state index is 5.63. The van der Waals surface area contributed by atoms with Gasteiger partial charge in [0, 0.05) is 19.8 Å². The number of unbranched alkanes of at least 4 members (excludes halogenated alkanes) is 1. The predicted molar refractivity (Wildman–Crippen MR) is 69.8 cm³/mol. The molecule has 0 bridgehead atoms. The lowest BCUT2D eigenvalue weighted by atomic mass is 9.93. The highest BCUT2D eigenvalue weighted by Crippen LogP contribution is 2.17. The van der Waals surface area contributed by atoms with Crippen LogP contribution in [-0.4, -0.2) is 25.4 Å². The first-order valence-corrected chi connectivity index (χ1v) is 6.42. The van der Waals surface area contributed by atoms with Gasteiger partial charge in [0.25, 0.3) is 0 Å². The van der Waals surface area contributed by atoms with Crippen molar-refractivity contribution in [3.8, 4) is 0 Å². The smallest absolute Gasteiger partial charge is 0.0598 e. The van der Waals surface area contributed by atoms with Crippen LogP contribution in [-0.2, 0) is 9.47 Å². The van der Waals surface area contributed by atoms with Crippen LogP contribution in [0.15, 0.2) is 0 Å². The molecule has 0 atom stereocenters. The van der Waals surface area contributed by atoms with E-state index < -0.39 is 0 Å². The van der Waals surface area contributed by atoms with E-state index in [0.29, 0.717) is 5.41 Å². The first kappa shape index (κ1) is 15.9. The predicted octanol–water partition coefficient (Wildman–Crippen LogP) is 4.03. The van der Waals surface area contributed by atoms with Crippen molar-refractivity contribution in [3.05, 3.63) is 0 Å². The molecule has 0 aromatic rings. The highest BCUT2D eigenvalue weighted by atomic mass is 16.5. The molecule has 0 saturated carbocycles. The minimum Gasteiger partial charge on any atom is -0.381 e. The van der Waals surface area contributed by atoms with Gasteiger partial charge in [-0.15, -0.1) is 0 Å². The Morgan fingerprint density at radius 3 is 1.81 bits per heavy atom. The summed E-state index contributed by atoms with van der Waals surface area (Å²) in [5.41, 5.74) is 0.377. The van der Waals surface area contributed by atoms with Gasteiger partial charge in [-0.1, -0.05) is 20.8 Å². The molecule has 2 heteroatoms. The lowest BCUT2D eigenvalue weighted by molar-refractivity contribution is -0.00765. The van der Waals surface area contributed by atoms with Gasteiger partial charge in [-0.25, -0.2) is 0 Å². The average molecular weight is 230 g/mol. The first-order valence-electron chi connectivity index (χ1n) is 6.42. The molecule has 16 heavy (non-hydrogen) atoms. The van der Waals surface area contributed by atoms with Crippen LogP contribution in [0.1, 0.15) is 60.8 Å². The van der Waals surface area contributed by atoms with Crippen molar-refractivity contribution in [2.45, 2.75) is 66.4 Å². The van der Waals surface area contributed by atoms with Gasteiger partial charge in [-0.2, -0.15) is 0 Å². The molecular formula is C14H30O2. The van der Waals surface area contributed by atoms with Crippen LogP contribution in [0.5, 0.6) is 0 Å². The molecule has 0 aromatic carbocycles. The fourth-order valence-electron chi connectivity index (χ4n) is 1.16. The molecule has 0 heterocycles. The van der Waals surface area contributed by atoms with Crippen LogP contribution >= 0.6 is 0 Å². The molecule has 0 amide bonds. The van der Waals surface area contributed by atoms with E-state index in [1.54, 1.807) is 0 Å². The van der Waals surface area contributed by atoms with Crippen molar-refractivity contribution in [3.63, 3.8) is 0 Å². The molecule has 0 aliphatic rings. The summed E-state index contributed by atoms with van der Waals surface area (Å²) in [4.78, 5) is 0. The topological polar surface area (TPSA) is 18.5 Å². The summed E-state index contributed by atoms with van der Waals surface area (Å²) in [6.07, 6.45) is 3.32. The Hall–Kier alpha value is -0.0800. The van der Waals surface area contributed by atoms with Crippen molar-refractivity contribution in [2.75, 3.05) is 19.8 Å². The van der Waals surface area contributed by atoms with Crippen LogP contribution in [0.4, 0.5) is 0 Å². The molecule has 0 radical (unpaired) electrons. The molecule has 2 nitrogen and oxygen atoms in total. The van der Waals surface area contributed by atoms with E-state index in [9.17, 15) is 0 Å². The molecule has 0 spiro atoms. The van der Waals surface area contributed by atoms with Gasteiger partial charge in [0.2, 0.25) is 0 Å². The van der Waals surface area contributed by atoms with Crippen molar-refractivity contribution in [2.24, 2.45) is 5.41 Å². The van der Waals surface area contributed by atoms with E-state index in [0.717, 1.165) is 39.1 Å². The second-order valence-corrected chi connectivity index (χ2v) is 6.59. The van der Waals surface area contributed by atoms with Gasteiger partial charge in [-0.3, -0.25) is 0 Å². The molecule has 98 valence electrons. The molecular weight excluding hydrogens is 200 g/mol. The summed E-state index contributed by atoms with van der Waals surface area (Å²) in [7, 11) is 0. The third-order valence-corrected chi connectivity index (χ3v) is 2.21. The Morgan fingerprint density at radius 2 is 1.31 bits per heavy atom. The zero-order valence-corrected chi connectivity index (χ0v) is 12.1. The Labute approximate surface area is 102 Å². The summed E-state index contributed by atoms with van der Waals surface area (Å²) in [5, 5.41) is 0. The standard InChI is InChI=1S/C14H30O2/c1-13(2,3)9-12-15-10-7-8-11-16-14(4,5)6/h7-12H2,1-6H3. The Balaban J connectivity index is 3.17. The number of hydrogen-bond donors (Lipinski definition) is 0. The summed E-state index contributed by atoms with van der Waals surface area (Å²) in [6, 6.07) is 0. The van der Waals surface area contributed by atoms with Crippen molar-refractivity contribution in [1.29, 1.82) is 0 Å². The third-order valence-electron chi connectivity index (χ3n) is 2.21. The highest BCUT2D eigenvalue weighted by molar-refractivity contribution is 4.60. The maximum atomic E-state index is 5.63. The van der Waals surface area contributed by atoms with E-state index >= 15 is 0 Å². The van der Waals surface area contributed by atoms with E-state index in [4.69, 9.17) is 9.47 Å². The molecule has 0 fully saturated rings. The lowest BCUT2D eigenvalue weighted by Crippen LogP contribution is -2.19. The molecule has 0 aromatic heterocycles. The number of hydrogen-bond acceptors (Lipinski definition) is 2. The van der Waals surface area contributed by atoms with Crippen LogP contribution in [0.25, 0.3) is 0 Å². The Kier molecular flexibility index (Phi) is 7.25. The number of ether oxygens (including phenoxy) is 2. The van der Waals surface area contributed by atoms with Crippen LogP contribution in [0, 0.1) is 5.41 Å². The Bertz CT molecular complexity index is 143. The van der Waals surface area contributed by atoms with Crippen LogP contribution in [0.2, 0.25) is 0 Å². The molecule has 0 rings (SSSR count). The van der Waals surface area contributed by atoms with E-state index in [-0.39, 0.29) is 5.60 Å². The fraction of sp³-hybridized carbons (Fsp3) is 1.00. The summed E-state index contributed by atoms with van der Waals surface area (Å²) in [6.45, 7) is 15.6. The fourth-order valence-corrected chi connectivity index (χ4v) is 1.16. The minimum absolute atomic E-state index is 0.00685. The quantitative estimate of drug-likeness (QED) is 0.615. The normalized spacial score (nSPS) is 13.1. The Morgan fingerprint density at radius 1 is 0.750 bits per heavy atom. The van der Waals surface area contributed by atoms with Gasteiger partial charge in [0.1, 0.15) is 0 Å². The van der Waals surface area contributed by atoms with E-state index in [2.05, 4.69) is 41.5 Å². The largest absolute Gasteiger partial charge is 0.381 e. The van der Waals surface area contributed by atoms with Crippen molar-refractivity contribution >= 4 is 0 Å². The molecule has 0 N–H and O–H groups in total. The summed E-state index contributed by atoms with van der Waals surface area (Å²) < 4.78 is 11.2. The van der Waals surface area contributed by atoms with Gasteiger partial charge in [0.15, 0.2) is 0 Å². The zero-order valence-electron chi connectivity index (χ0n) is 12.1. The van der Waals surface area contributed by atoms with Gasteiger partial charge in [0.05, 0.1) is 5.60 Å². The summed E-state index contributed by atoms with van der Waals surface area (Å²) in [5.74, 6) is 0. The van der Waals surface area contributed by atoms with E-state index in [1.165, 1.54) is 0 Å². The second kappa shape index (κ2) is 7.29. The van der Waals surface area contributed by atoms with Crippen molar-refractivity contribution in [1.82, 2.24) is 0 Å². The van der Waals surface area contributed by atoms with E-state index in [1.807, 2.05) is 0 Å². The van der Waals surface area contributed by atoms with Gasteiger partial charge >= 0.3 is 0 Å². The first-order chi connectivity index (χ1) is 7.21. The lowest BCUT2D eigenvalue weighted by Gasteiger charge is -2.19. The molecule has 0 aliphatic carbocycles. The monoisotopic (exact) mass is 230 g/mol. The maximum Gasteiger partial charge on any atom is 0.0598 e. The van der Waals surface area contributed by atoms with Gasteiger partial charge < -0.3 is 9.47 Å². The van der Waals surface area contributed by atoms with Crippen molar-refractivity contribution < 1.29 is 9.47 Å². The van der Waals surface area contributed by atoms with Gasteiger partial charge in [-0.05, 0) is 45.4 Å².